The van der Waals surface area contributed by atoms with Crippen LogP contribution in [0.1, 0.15) is 25.5 Å². The third-order valence-electron chi connectivity index (χ3n) is 2.85. The zero-order valence-corrected chi connectivity index (χ0v) is 12.7. The molecule has 0 fully saturated rings. The van der Waals surface area contributed by atoms with Crippen molar-refractivity contribution in [2.75, 3.05) is 6.54 Å². The summed E-state index contributed by atoms with van der Waals surface area (Å²) < 4.78 is 14.5. The molecule has 1 unspecified atom stereocenters. The van der Waals surface area contributed by atoms with Crippen LogP contribution in [0.4, 0.5) is 4.39 Å². The molecule has 1 atom stereocenters. The molecule has 0 amide bonds. The molecule has 0 aliphatic carbocycles. The van der Waals surface area contributed by atoms with Crippen LogP contribution in [0, 0.1) is 5.82 Å². The average Bonchev–Trinajstić information content (AvgIpc) is 2.75. The van der Waals surface area contributed by atoms with Gasteiger partial charge in [-0.25, -0.2) is 4.39 Å². The highest BCUT2D eigenvalue weighted by Crippen LogP contribution is 2.37. The van der Waals surface area contributed by atoms with Crippen LogP contribution >= 0.6 is 27.3 Å². The quantitative estimate of drug-likeness (QED) is 0.834. The van der Waals surface area contributed by atoms with Crippen LogP contribution in [0.25, 0.3) is 10.4 Å². The number of halogens is 2. The number of hydrogen-bond donors (Lipinski definition) is 1. The van der Waals surface area contributed by atoms with E-state index in [1.54, 1.807) is 17.4 Å². The Balaban J connectivity index is 2.51. The summed E-state index contributed by atoms with van der Waals surface area (Å²) in [5, 5.41) is 5.38. The Bertz CT molecular complexity index is 538. The molecule has 1 heterocycles. The maximum atomic E-state index is 13.5. The second-order valence-electron chi connectivity index (χ2n) is 4.11. The van der Waals surface area contributed by atoms with Crippen molar-refractivity contribution in [1.29, 1.82) is 0 Å². The summed E-state index contributed by atoms with van der Waals surface area (Å²) in [6, 6.07) is 7.20. The van der Waals surface area contributed by atoms with E-state index in [9.17, 15) is 4.39 Å². The molecule has 96 valence electrons. The average molecular weight is 328 g/mol. The number of rotatable bonds is 4. The lowest BCUT2D eigenvalue weighted by Gasteiger charge is -2.17. The Kier molecular flexibility index (Phi) is 4.54. The molecule has 2 rings (SSSR count). The van der Waals surface area contributed by atoms with Gasteiger partial charge in [-0.15, -0.1) is 11.3 Å². The van der Waals surface area contributed by atoms with Gasteiger partial charge >= 0.3 is 0 Å². The van der Waals surface area contributed by atoms with Crippen LogP contribution in [0.15, 0.2) is 34.1 Å². The van der Waals surface area contributed by atoms with E-state index in [1.165, 1.54) is 6.07 Å². The predicted molar refractivity (Wildman–Crippen MR) is 79.5 cm³/mol. The van der Waals surface area contributed by atoms with Gasteiger partial charge < -0.3 is 5.32 Å². The van der Waals surface area contributed by atoms with Gasteiger partial charge in [-0.2, -0.15) is 0 Å². The van der Waals surface area contributed by atoms with Gasteiger partial charge in [-0.05, 0) is 58.5 Å². The van der Waals surface area contributed by atoms with Gasteiger partial charge in [-0.1, -0.05) is 13.0 Å². The molecule has 0 aliphatic heterocycles. The predicted octanol–water partition coefficient (Wildman–Crippen LogP) is 4.99. The topological polar surface area (TPSA) is 12.0 Å². The lowest BCUT2D eigenvalue weighted by Crippen LogP contribution is -2.18. The highest BCUT2D eigenvalue weighted by Gasteiger charge is 2.15. The second kappa shape index (κ2) is 5.95. The maximum Gasteiger partial charge on any atom is 0.123 e. The van der Waals surface area contributed by atoms with E-state index >= 15 is 0 Å². The molecule has 1 N–H and O–H groups in total. The zero-order chi connectivity index (χ0) is 13.1. The Morgan fingerprint density at radius 1 is 1.39 bits per heavy atom. The molecule has 0 aliphatic rings. The first-order valence-electron chi connectivity index (χ1n) is 5.89. The molecule has 0 spiro atoms. The summed E-state index contributed by atoms with van der Waals surface area (Å²) in [7, 11) is 0. The van der Waals surface area contributed by atoms with Crippen molar-refractivity contribution in [3.63, 3.8) is 0 Å². The van der Waals surface area contributed by atoms with Crippen LogP contribution < -0.4 is 5.32 Å². The van der Waals surface area contributed by atoms with Gasteiger partial charge in [0.1, 0.15) is 5.82 Å². The first kappa shape index (κ1) is 13.7. The summed E-state index contributed by atoms with van der Waals surface area (Å²) in [5.74, 6) is -0.197. The lowest BCUT2D eigenvalue weighted by atomic mass is 10.00. The SMILES string of the molecule is CCNC(C)c1ccc(F)cc1-c1sccc1Br. The van der Waals surface area contributed by atoms with E-state index < -0.39 is 0 Å². The van der Waals surface area contributed by atoms with Crippen LogP contribution in [0.2, 0.25) is 0 Å². The van der Waals surface area contributed by atoms with E-state index in [2.05, 4.69) is 35.1 Å². The molecule has 1 nitrogen and oxygen atoms in total. The molecular formula is C14H15BrFNS. The van der Waals surface area contributed by atoms with Gasteiger partial charge in [0.05, 0.1) is 0 Å². The number of benzene rings is 1. The fourth-order valence-electron chi connectivity index (χ4n) is 2.00. The first-order chi connectivity index (χ1) is 8.63. The van der Waals surface area contributed by atoms with E-state index in [0.29, 0.717) is 0 Å². The van der Waals surface area contributed by atoms with Gasteiger partial charge in [0.15, 0.2) is 0 Å². The minimum Gasteiger partial charge on any atom is -0.310 e. The van der Waals surface area contributed by atoms with Crippen molar-refractivity contribution in [1.82, 2.24) is 5.32 Å². The van der Waals surface area contributed by atoms with E-state index in [-0.39, 0.29) is 11.9 Å². The van der Waals surface area contributed by atoms with Crippen LogP contribution in [0.5, 0.6) is 0 Å². The largest absolute Gasteiger partial charge is 0.310 e. The molecule has 1 aromatic heterocycles. The molecule has 4 heteroatoms. The summed E-state index contributed by atoms with van der Waals surface area (Å²) in [6.45, 7) is 5.06. The van der Waals surface area contributed by atoms with Crippen LogP contribution in [-0.4, -0.2) is 6.54 Å². The number of hydrogen-bond acceptors (Lipinski definition) is 2. The summed E-state index contributed by atoms with van der Waals surface area (Å²) in [5.41, 5.74) is 2.09. The Morgan fingerprint density at radius 3 is 2.78 bits per heavy atom. The third-order valence-corrected chi connectivity index (χ3v) is 4.72. The van der Waals surface area contributed by atoms with Gasteiger partial charge in [0, 0.05) is 21.0 Å². The van der Waals surface area contributed by atoms with Crippen molar-refractivity contribution in [3.8, 4) is 10.4 Å². The standard InChI is InChI=1S/C14H15BrFNS/c1-3-17-9(2)11-5-4-10(16)8-12(11)14-13(15)6-7-18-14/h4-9,17H,3H2,1-2H3. The Hall–Kier alpha value is -0.710. The Labute approximate surface area is 119 Å². The van der Waals surface area contributed by atoms with Crippen molar-refractivity contribution in [2.45, 2.75) is 19.9 Å². The summed E-state index contributed by atoms with van der Waals surface area (Å²) in [6.07, 6.45) is 0. The van der Waals surface area contributed by atoms with E-state index in [4.69, 9.17) is 0 Å². The minimum atomic E-state index is -0.197. The summed E-state index contributed by atoms with van der Waals surface area (Å²) in [4.78, 5) is 1.08. The van der Waals surface area contributed by atoms with Crippen molar-refractivity contribution >= 4 is 27.3 Å². The Morgan fingerprint density at radius 2 is 2.17 bits per heavy atom. The normalized spacial score (nSPS) is 12.7. The maximum absolute atomic E-state index is 13.5. The van der Waals surface area contributed by atoms with Crippen LogP contribution in [0.3, 0.4) is 0 Å². The smallest absolute Gasteiger partial charge is 0.123 e. The number of thiophene rings is 1. The van der Waals surface area contributed by atoms with Crippen molar-refractivity contribution in [2.24, 2.45) is 0 Å². The van der Waals surface area contributed by atoms with E-state index in [1.807, 2.05) is 17.5 Å². The summed E-state index contributed by atoms with van der Waals surface area (Å²) >= 11 is 5.14. The molecule has 2 aromatic rings. The molecule has 0 saturated carbocycles. The molecule has 0 radical (unpaired) electrons. The lowest BCUT2D eigenvalue weighted by molar-refractivity contribution is 0.593. The van der Waals surface area contributed by atoms with Crippen molar-refractivity contribution in [3.05, 3.63) is 45.5 Å². The molecule has 0 saturated heterocycles. The van der Waals surface area contributed by atoms with Gasteiger partial charge in [0.2, 0.25) is 0 Å². The highest BCUT2D eigenvalue weighted by atomic mass is 79.9. The fourth-order valence-corrected chi connectivity index (χ4v) is 3.63. The van der Waals surface area contributed by atoms with Crippen LogP contribution in [-0.2, 0) is 0 Å². The third kappa shape index (κ3) is 2.82. The van der Waals surface area contributed by atoms with Gasteiger partial charge in [-0.3, -0.25) is 0 Å². The zero-order valence-electron chi connectivity index (χ0n) is 10.3. The number of nitrogens with one attached hydrogen (secondary N) is 1. The molecule has 18 heavy (non-hydrogen) atoms. The molecular weight excluding hydrogens is 313 g/mol. The first-order valence-corrected chi connectivity index (χ1v) is 7.57. The van der Waals surface area contributed by atoms with Crippen molar-refractivity contribution < 1.29 is 4.39 Å². The molecule has 1 aromatic carbocycles. The highest BCUT2D eigenvalue weighted by molar-refractivity contribution is 9.10. The van der Waals surface area contributed by atoms with Gasteiger partial charge in [0.25, 0.3) is 0 Å². The monoisotopic (exact) mass is 327 g/mol. The second-order valence-corrected chi connectivity index (χ2v) is 5.88. The molecule has 0 bridgehead atoms. The van der Waals surface area contributed by atoms with E-state index in [0.717, 1.165) is 27.0 Å². The minimum absolute atomic E-state index is 0.197. The fraction of sp³-hybridized carbons (Fsp3) is 0.286.